The van der Waals surface area contributed by atoms with E-state index in [-0.39, 0.29) is 0 Å². The molecule has 0 aliphatic rings. The zero-order valence-corrected chi connectivity index (χ0v) is 16.7. The van der Waals surface area contributed by atoms with E-state index in [1.54, 1.807) is 6.26 Å². The first kappa shape index (κ1) is 21.3. The molecule has 0 atom stereocenters. The van der Waals surface area contributed by atoms with Crippen LogP contribution >= 0.6 is 0 Å². The van der Waals surface area contributed by atoms with E-state index < -0.39 is 0 Å². The van der Waals surface area contributed by atoms with E-state index >= 15 is 0 Å². The van der Waals surface area contributed by atoms with Crippen LogP contribution in [0.3, 0.4) is 0 Å². The Morgan fingerprint density at radius 1 is 0.800 bits per heavy atom. The Hall–Kier alpha value is -1.76. The number of hydrogen-bond acceptors (Lipinski definition) is 1. The van der Waals surface area contributed by atoms with Crippen molar-refractivity contribution in [1.29, 1.82) is 0 Å². The van der Waals surface area contributed by atoms with Crippen molar-refractivity contribution in [2.75, 3.05) is 0 Å². The van der Waals surface area contributed by atoms with Crippen LogP contribution in [0.5, 0.6) is 0 Å². The molecule has 25 heavy (non-hydrogen) atoms. The lowest BCUT2D eigenvalue weighted by molar-refractivity contribution is 0.564. The van der Waals surface area contributed by atoms with Crippen molar-refractivity contribution in [2.45, 2.75) is 79.1 Å². The van der Waals surface area contributed by atoms with Crippen LogP contribution in [0.2, 0.25) is 0 Å². The molecule has 0 amide bonds. The van der Waals surface area contributed by atoms with Crippen LogP contribution < -0.4 is 0 Å². The Kier molecular flexibility index (Phi) is 11.5. The molecule has 0 aliphatic heterocycles. The third kappa shape index (κ3) is 12.3. The monoisotopic (exact) mass is 340 g/mol. The molecule has 0 unspecified atom stereocenters. The van der Waals surface area contributed by atoms with Crippen molar-refractivity contribution in [3.63, 3.8) is 0 Å². The van der Waals surface area contributed by atoms with E-state index in [9.17, 15) is 0 Å². The van der Waals surface area contributed by atoms with Crippen LogP contribution in [-0.4, -0.2) is 0 Å². The minimum absolute atomic E-state index is 1.07. The van der Waals surface area contributed by atoms with Gasteiger partial charge in [-0.1, -0.05) is 47.1 Å². The molecule has 1 nitrogen and oxygen atoms in total. The number of allylic oxidation sites excluding steroid dienone is 8. The molecule has 1 aromatic rings. The lowest BCUT2D eigenvalue weighted by Crippen LogP contribution is -1.81. The van der Waals surface area contributed by atoms with E-state index in [0.717, 1.165) is 25.7 Å². The number of rotatable bonds is 12. The lowest BCUT2D eigenvalue weighted by atomic mass is 10.1. The van der Waals surface area contributed by atoms with Gasteiger partial charge in [0.25, 0.3) is 0 Å². The Bertz CT molecular complexity index is 563. The maximum Gasteiger partial charge on any atom is 0.0934 e. The first-order valence-corrected chi connectivity index (χ1v) is 9.68. The van der Waals surface area contributed by atoms with Gasteiger partial charge in [-0.2, -0.15) is 0 Å². The summed E-state index contributed by atoms with van der Waals surface area (Å²) in [6.07, 6.45) is 24.5. The molecule has 0 aromatic carbocycles. The topological polar surface area (TPSA) is 13.1 Å². The Balaban J connectivity index is 2.09. The highest BCUT2D eigenvalue weighted by Gasteiger charge is 1.93. The first-order valence-electron chi connectivity index (χ1n) is 9.68. The maximum atomic E-state index is 5.07. The molecule has 1 aromatic heterocycles. The highest BCUT2D eigenvalue weighted by Crippen LogP contribution is 2.12. The van der Waals surface area contributed by atoms with Crippen LogP contribution in [0.15, 0.2) is 70.1 Å². The van der Waals surface area contributed by atoms with Crippen LogP contribution in [0, 0.1) is 0 Å². The van der Waals surface area contributed by atoms with Gasteiger partial charge in [0.05, 0.1) is 12.5 Å². The van der Waals surface area contributed by atoms with Gasteiger partial charge in [0.1, 0.15) is 0 Å². The summed E-state index contributed by atoms with van der Waals surface area (Å²) < 4.78 is 5.07. The SMILES string of the molecule is CC(C)=CCCC(C)=CCCC(C)=CCCC=CCCc1ccoc1. The quantitative estimate of drug-likeness (QED) is 0.278. The van der Waals surface area contributed by atoms with Gasteiger partial charge >= 0.3 is 0 Å². The summed E-state index contributed by atoms with van der Waals surface area (Å²) in [7, 11) is 0. The fourth-order valence-corrected chi connectivity index (χ4v) is 2.69. The van der Waals surface area contributed by atoms with Crippen LogP contribution in [0.4, 0.5) is 0 Å². The van der Waals surface area contributed by atoms with Gasteiger partial charge in [-0.15, -0.1) is 0 Å². The first-order chi connectivity index (χ1) is 12.1. The van der Waals surface area contributed by atoms with E-state index in [1.807, 2.05) is 12.3 Å². The second-order valence-electron chi connectivity index (χ2n) is 7.18. The standard InChI is InChI=1S/C24H36O/c1-21(2)12-10-14-23(4)16-11-15-22(3)13-8-6-5-7-9-17-24-18-19-25-20-24/h5,7,12-13,16,18-20H,6,8-11,14-15,17H2,1-4H3. The van der Waals surface area contributed by atoms with Crippen molar-refractivity contribution in [3.05, 3.63) is 71.3 Å². The van der Waals surface area contributed by atoms with Crippen molar-refractivity contribution in [2.24, 2.45) is 0 Å². The average molecular weight is 341 g/mol. The highest BCUT2D eigenvalue weighted by molar-refractivity contribution is 5.07. The minimum atomic E-state index is 1.07. The molecule has 1 heteroatoms. The molecular formula is C24H36O. The largest absolute Gasteiger partial charge is 0.472 e. The summed E-state index contributed by atoms with van der Waals surface area (Å²) >= 11 is 0. The number of aryl methyl sites for hydroxylation is 1. The molecule has 0 fully saturated rings. The van der Waals surface area contributed by atoms with Crippen molar-refractivity contribution in [1.82, 2.24) is 0 Å². The summed E-state index contributed by atoms with van der Waals surface area (Å²) in [5.41, 5.74) is 5.73. The third-order valence-corrected chi connectivity index (χ3v) is 4.30. The molecule has 0 bridgehead atoms. The molecule has 0 saturated heterocycles. The van der Waals surface area contributed by atoms with E-state index in [1.165, 1.54) is 48.0 Å². The molecule has 0 spiro atoms. The van der Waals surface area contributed by atoms with Crippen LogP contribution in [0.25, 0.3) is 0 Å². The van der Waals surface area contributed by atoms with Gasteiger partial charge in [-0.3, -0.25) is 0 Å². The summed E-state index contributed by atoms with van der Waals surface area (Å²) in [5.74, 6) is 0. The van der Waals surface area contributed by atoms with E-state index in [4.69, 9.17) is 4.42 Å². The van der Waals surface area contributed by atoms with Crippen LogP contribution in [0.1, 0.15) is 78.2 Å². The minimum Gasteiger partial charge on any atom is -0.472 e. The lowest BCUT2D eigenvalue weighted by Gasteiger charge is -2.01. The molecule has 0 aliphatic carbocycles. The zero-order valence-electron chi connectivity index (χ0n) is 16.7. The predicted molar refractivity (Wildman–Crippen MR) is 111 cm³/mol. The third-order valence-electron chi connectivity index (χ3n) is 4.30. The summed E-state index contributed by atoms with van der Waals surface area (Å²) in [4.78, 5) is 0. The van der Waals surface area contributed by atoms with Gasteiger partial charge in [-0.25, -0.2) is 0 Å². The normalized spacial score (nSPS) is 12.8. The maximum absolute atomic E-state index is 5.07. The second kappa shape index (κ2) is 13.5. The molecular weight excluding hydrogens is 304 g/mol. The van der Waals surface area contributed by atoms with Crippen LogP contribution in [-0.2, 0) is 6.42 Å². The fraction of sp³-hybridized carbons (Fsp3) is 0.500. The summed E-state index contributed by atoms with van der Waals surface area (Å²) in [6.45, 7) is 8.85. The van der Waals surface area contributed by atoms with Crippen molar-refractivity contribution in [3.8, 4) is 0 Å². The number of unbranched alkanes of at least 4 members (excludes halogenated alkanes) is 1. The average Bonchev–Trinajstić information content (AvgIpc) is 3.07. The van der Waals surface area contributed by atoms with E-state index in [2.05, 4.69) is 58.1 Å². The van der Waals surface area contributed by atoms with Gasteiger partial charge in [-0.05, 0) is 90.7 Å². The summed E-state index contributed by atoms with van der Waals surface area (Å²) in [6, 6.07) is 2.04. The molecule has 138 valence electrons. The van der Waals surface area contributed by atoms with Gasteiger partial charge in [0.15, 0.2) is 0 Å². The Morgan fingerprint density at radius 2 is 1.44 bits per heavy atom. The smallest absolute Gasteiger partial charge is 0.0934 e. The zero-order chi connectivity index (χ0) is 18.3. The second-order valence-corrected chi connectivity index (χ2v) is 7.18. The van der Waals surface area contributed by atoms with Gasteiger partial charge < -0.3 is 4.42 Å². The fourth-order valence-electron chi connectivity index (χ4n) is 2.69. The highest BCUT2D eigenvalue weighted by atomic mass is 16.3. The van der Waals surface area contributed by atoms with Gasteiger partial charge in [0, 0.05) is 0 Å². The molecule has 0 saturated carbocycles. The van der Waals surface area contributed by atoms with E-state index in [0.29, 0.717) is 0 Å². The predicted octanol–water partition coefficient (Wildman–Crippen LogP) is 7.97. The molecule has 1 heterocycles. The van der Waals surface area contributed by atoms with Gasteiger partial charge in [0.2, 0.25) is 0 Å². The van der Waals surface area contributed by atoms with Crippen molar-refractivity contribution < 1.29 is 4.42 Å². The van der Waals surface area contributed by atoms with Crippen molar-refractivity contribution >= 4 is 0 Å². The molecule has 1 rings (SSSR count). The number of furan rings is 1. The Morgan fingerprint density at radius 3 is 2.08 bits per heavy atom. The molecule has 0 N–H and O–H groups in total. The Labute approximate surface area is 155 Å². The molecule has 0 radical (unpaired) electrons. The summed E-state index contributed by atoms with van der Waals surface area (Å²) in [5, 5.41) is 0. The number of hydrogen-bond donors (Lipinski definition) is 0.